The van der Waals surface area contributed by atoms with Gasteiger partial charge in [-0.15, -0.1) is 0 Å². The third kappa shape index (κ3) is 3.85. The second kappa shape index (κ2) is 6.11. The fraction of sp³-hybridized carbons (Fsp3) is 0.769. The van der Waals surface area contributed by atoms with E-state index in [2.05, 4.69) is 0 Å². The number of carbonyl (C=O) groups excluding carboxylic acids is 2. The van der Waals surface area contributed by atoms with Gasteiger partial charge in [-0.1, -0.05) is 0 Å². The zero-order valence-corrected chi connectivity index (χ0v) is 12.5. The van der Waals surface area contributed by atoms with E-state index < -0.39 is 11.4 Å². The van der Waals surface area contributed by atoms with Crippen molar-refractivity contribution < 1.29 is 19.5 Å². The molecule has 1 N–H and O–H groups in total. The fourth-order valence-corrected chi connectivity index (χ4v) is 2.00. The van der Waals surface area contributed by atoms with Gasteiger partial charge in [-0.25, -0.2) is 4.79 Å². The molecule has 0 radical (unpaired) electrons. The van der Waals surface area contributed by atoms with E-state index in [1.54, 1.807) is 37.7 Å². The number of nitrogens with zero attached hydrogens (tertiary/aromatic N) is 3. The lowest BCUT2D eigenvalue weighted by Gasteiger charge is -2.36. The van der Waals surface area contributed by atoms with Gasteiger partial charge in [-0.3, -0.25) is 9.59 Å². The van der Waals surface area contributed by atoms with Crippen LogP contribution < -0.4 is 0 Å². The highest BCUT2D eigenvalue weighted by Gasteiger charge is 2.33. The normalized spacial score (nSPS) is 16.0. The molecule has 1 rings (SSSR count). The summed E-state index contributed by atoms with van der Waals surface area (Å²) < 4.78 is 0. The number of piperazine rings is 1. The zero-order valence-electron chi connectivity index (χ0n) is 12.5. The van der Waals surface area contributed by atoms with Crippen LogP contribution in [-0.4, -0.2) is 78.0 Å². The summed E-state index contributed by atoms with van der Waals surface area (Å²) in [6.45, 7) is 4.95. The number of amides is 3. The number of carbonyl (C=O) groups is 3. The number of rotatable bonds is 3. The molecule has 0 bridgehead atoms. The molecular formula is C13H23N3O4. The first kappa shape index (κ1) is 16.3. The predicted octanol–water partition coefficient (Wildman–Crippen LogP) is 0.313. The molecule has 0 atom stereocenters. The van der Waals surface area contributed by atoms with Gasteiger partial charge < -0.3 is 19.8 Å². The van der Waals surface area contributed by atoms with E-state index in [1.807, 2.05) is 0 Å². The third-order valence-corrected chi connectivity index (χ3v) is 3.46. The van der Waals surface area contributed by atoms with Crippen molar-refractivity contribution in [2.24, 2.45) is 5.41 Å². The van der Waals surface area contributed by atoms with Gasteiger partial charge >= 0.3 is 12.0 Å². The standard InChI is InChI=1S/C13H23N3O4/c1-13(2,11(18)19)9-10(17)15-5-7-16(8-6-15)12(20)14(3)4/h5-9H2,1-4H3,(H,18,19). The Hall–Kier alpha value is -1.79. The Balaban J connectivity index is 2.51. The van der Waals surface area contributed by atoms with E-state index >= 15 is 0 Å². The smallest absolute Gasteiger partial charge is 0.319 e. The molecule has 0 saturated carbocycles. The van der Waals surface area contributed by atoms with E-state index in [9.17, 15) is 14.4 Å². The zero-order chi connectivity index (χ0) is 15.5. The van der Waals surface area contributed by atoms with Gasteiger partial charge in [0.1, 0.15) is 0 Å². The van der Waals surface area contributed by atoms with Crippen LogP contribution in [0.25, 0.3) is 0 Å². The van der Waals surface area contributed by atoms with Crippen molar-refractivity contribution in [2.45, 2.75) is 20.3 Å². The SMILES string of the molecule is CN(C)C(=O)N1CCN(C(=O)CC(C)(C)C(=O)O)CC1. The van der Waals surface area contributed by atoms with Gasteiger partial charge in [0.25, 0.3) is 0 Å². The Labute approximate surface area is 119 Å². The van der Waals surface area contributed by atoms with Gasteiger partial charge in [-0.2, -0.15) is 0 Å². The average molecular weight is 285 g/mol. The molecule has 0 aromatic carbocycles. The summed E-state index contributed by atoms with van der Waals surface area (Å²) in [5, 5.41) is 9.04. The molecule has 0 aromatic heterocycles. The van der Waals surface area contributed by atoms with Crippen molar-refractivity contribution in [2.75, 3.05) is 40.3 Å². The van der Waals surface area contributed by atoms with Crippen molar-refractivity contribution in [1.82, 2.24) is 14.7 Å². The van der Waals surface area contributed by atoms with Crippen molar-refractivity contribution in [3.05, 3.63) is 0 Å². The predicted molar refractivity (Wildman–Crippen MR) is 73.3 cm³/mol. The Morgan fingerprint density at radius 3 is 1.90 bits per heavy atom. The molecular weight excluding hydrogens is 262 g/mol. The quantitative estimate of drug-likeness (QED) is 0.809. The summed E-state index contributed by atoms with van der Waals surface area (Å²) >= 11 is 0. The lowest BCUT2D eigenvalue weighted by molar-refractivity contribution is -0.151. The maximum Gasteiger partial charge on any atom is 0.319 e. The summed E-state index contributed by atoms with van der Waals surface area (Å²) in [4.78, 5) is 39.7. The maximum atomic E-state index is 12.1. The lowest BCUT2D eigenvalue weighted by Crippen LogP contribution is -2.53. The van der Waals surface area contributed by atoms with Gasteiger partial charge in [-0.05, 0) is 13.8 Å². The number of hydrogen-bond acceptors (Lipinski definition) is 3. The van der Waals surface area contributed by atoms with E-state index in [0.29, 0.717) is 26.2 Å². The second-order valence-electron chi connectivity index (χ2n) is 5.91. The molecule has 1 heterocycles. The van der Waals surface area contributed by atoms with Gasteiger partial charge in [0.2, 0.25) is 5.91 Å². The Kier molecular flexibility index (Phi) is 4.97. The van der Waals surface area contributed by atoms with E-state index in [-0.39, 0.29) is 18.4 Å². The van der Waals surface area contributed by atoms with Crippen molar-refractivity contribution in [1.29, 1.82) is 0 Å². The number of urea groups is 1. The minimum atomic E-state index is -1.06. The Bertz CT molecular complexity index is 398. The molecule has 7 heteroatoms. The number of aliphatic carboxylic acids is 1. The van der Waals surface area contributed by atoms with Gasteiger partial charge in [0.15, 0.2) is 0 Å². The van der Waals surface area contributed by atoms with E-state index in [4.69, 9.17) is 5.11 Å². The van der Waals surface area contributed by atoms with Crippen molar-refractivity contribution in [3.8, 4) is 0 Å². The molecule has 1 aliphatic rings. The molecule has 0 unspecified atom stereocenters. The molecule has 0 aliphatic carbocycles. The van der Waals surface area contributed by atoms with Crippen LogP contribution in [0.4, 0.5) is 4.79 Å². The third-order valence-electron chi connectivity index (χ3n) is 3.46. The Morgan fingerprint density at radius 1 is 1.05 bits per heavy atom. The first-order valence-corrected chi connectivity index (χ1v) is 6.62. The summed E-state index contributed by atoms with van der Waals surface area (Å²) in [7, 11) is 3.38. The molecule has 20 heavy (non-hydrogen) atoms. The van der Waals surface area contributed by atoms with Crippen LogP contribution in [0.1, 0.15) is 20.3 Å². The second-order valence-corrected chi connectivity index (χ2v) is 5.91. The molecule has 114 valence electrons. The first-order valence-electron chi connectivity index (χ1n) is 6.62. The van der Waals surface area contributed by atoms with E-state index in [0.717, 1.165) is 0 Å². The van der Waals surface area contributed by atoms with Crippen LogP contribution >= 0.6 is 0 Å². The fourth-order valence-electron chi connectivity index (χ4n) is 2.00. The Morgan fingerprint density at radius 2 is 1.50 bits per heavy atom. The van der Waals surface area contributed by atoms with Gasteiger partial charge in [0.05, 0.1) is 5.41 Å². The molecule has 0 aromatic rings. The first-order chi connectivity index (χ1) is 9.15. The molecule has 7 nitrogen and oxygen atoms in total. The summed E-state index contributed by atoms with van der Waals surface area (Å²) in [6.07, 6.45) is -0.0238. The monoisotopic (exact) mass is 285 g/mol. The lowest BCUT2D eigenvalue weighted by atomic mass is 9.89. The molecule has 3 amide bonds. The highest BCUT2D eigenvalue weighted by Crippen LogP contribution is 2.22. The molecule has 1 saturated heterocycles. The number of hydrogen-bond donors (Lipinski definition) is 1. The number of carboxylic acid groups (broad SMARTS) is 1. The maximum absolute atomic E-state index is 12.1. The molecule has 1 fully saturated rings. The summed E-state index contributed by atoms with van der Waals surface area (Å²) in [5.41, 5.74) is -1.06. The van der Waals surface area contributed by atoms with Gasteiger partial charge in [0, 0.05) is 46.7 Å². The van der Waals surface area contributed by atoms with Crippen LogP contribution in [0.15, 0.2) is 0 Å². The van der Waals surface area contributed by atoms with Crippen LogP contribution in [-0.2, 0) is 9.59 Å². The van der Waals surface area contributed by atoms with Crippen LogP contribution in [0, 0.1) is 5.41 Å². The topological polar surface area (TPSA) is 81.2 Å². The van der Waals surface area contributed by atoms with Crippen LogP contribution in [0.3, 0.4) is 0 Å². The van der Waals surface area contributed by atoms with Crippen LogP contribution in [0.2, 0.25) is 0 Å². The summed E-state index contributed by atoms with van der Waals surface area (Å²) in [5.74, 6) is -1.15. The minimum Gasteiger partial charge on any atom is -0.481 e. The highest BCUT2D eigenvalue weighted by atomic mass is 16.4. The van der Waals surface area contributed by atoms with E-state index in [1.165, 1.54) is 4.90 Å². The average Bonchev–Trinajstić information content (AvgIpc) is 2.37. The molecule has 1 aliphatic heterocycles. The van der Waals surface area contributed by atoms with Crippen LogP contribution in [0.5, 0.6) is 0 Å². The van der Waals surface area contributed by atoms with Crippen molar-refractivity contribution >= 4 is 17.9 Å². The largest absolute Gasteiger partial charge is 0.481 e. The number of carboxylic acids is 1. The highest BCUT2D eigenvalue weighted by molar-refractivity contribution is 5.84. The molecule has 0 spiro atoms. The van der Waals surface area contributed by atoms with Crippen molar-refractivity contribution in [3.63, 3.8) is 0 Å². The summed E-state index contributed by atoms with van der Waals surface area (Å²) in [6, 6.07) is -0.0667. The minimum absolute atomic E-state index is 0.0238.